The van der Waals surface area contributed by atoms with Gasteiger partial charge in [0, 0.05) is 6.61 Å². The highest BCUT2D eigenvalue weighted by atomic mass is 16.5. The first kappa shape index (κ1) is 15.3. The molecular weight excluding hydrogens is 252 g/mol. The van der Waals surface area contributed by atoms with Gasteiger partial charge < -0.3 is 30.9 Å². The highest BCUT2D eigenvalue weighted by Gasteiger charge is 2.05. The van der Waals surface area contributed by atoms with Gasteiger partial charge in [0.25, 0.3) is 0 Å². The topological polar surface area (TPSA) is 124 Å². The summed E-state index contributed by atoms with van der Waals surface area (Å²) in [6.07, 6.45) is 2.06. The van der Waals surface area contributed by atoms with Crippen molar-refractivity contribution >= 4 is 17.8 Å². The first-order valence-corrected chi connectivity index (χ1v) is 6.07. The van der Waals surface area contributed by atoms with E-state index in [1.807, 2.05) is 0 Å². The quantitative estimate of drug-likeness (QED) is 0.290. The van der Waals surface area contributed by atoms with Crippen LogP contribution in [-0.2, 0) is 4.74 Å². The fourth-order valence-electron chi connectivity index (χ4n) is 1.19. The molecule has 0 saturated heterocycles. The minimum absolute atomic E-state index is 0.199. The SMILES string of the molecule is CCCCOCNc1nc(NCO)nc(NCO)n1. The van der Waals surface area contributed by atoms with Gasteiger partial charge in [0.15, 0.2) is 0 Å². The van der Waals surface area contributed by atoms with E-state index in [1.54, 1.807) is 0 Å². The standard InChI is InChI=1S/C10H20N6O3/c1-2-3-4-19-7-13-10-15-8(11-5-17)14-9(16-10)12-6-18/h17-18H,2-7H2,1H3,(H3,11,12,13,14,15,16). The van der Waals surface area contributed by atoms with Crippen molar-refractivity contribution in [1.29, 1.82) is 0 Å². The number of hydrogen-bond donors (Lipinski definition) is 5. The van der Waals surface area contributed by atoms with Crippen molar-refractivity contribution in [2.75, 3.05) is 42.7 Å². The average molecular weight is 272 g/mol. The van der Waals surface area contributed by atoms with Crippen molar-refractivity contribution in [3.05, 3.63) is 0 Å². The Hall–Kier alpha value is -1.71. The van der Waals surface area contributed by atoms with E-state index in [0.717, 1.165) is 12.8 Å². The molecule has 0 radical (unpaired) electrons. The fraction of sp³-hybridized carbons (Fsp3) is 0.700. The van der Waals surface area contributed by atoms with Crippen LogP contribution in [0.15, 0.2) is 0 Å². The molecule has 0 aliphatic rings. The lowest BCUT2D eigenvalue weighted by Gasteiger charge is -2.09. The van der Waals surface area contributed by atoms with E-state index in [2.05, 4.69) is 37.8 Å². The van der Waals surface area contributed by atoms with Crippen LogP contribution in [0.25, 0.3) is 0 Å². The van der Waals surface area contributed by atoms with E-state index in [-0.39, 0.29) is 32.1 Å². The number of nitrogens with one attached hydrogen (secondary N) is 3. The van der Waals surface area contributed by atoms with E-state index in [0.29, 0.717) is 12.6 Å². The predicted octanol–water partition coefficient (Wildman–Crippen LogP) is -0.219. The number of hydrogen-bond acceptors (Lipinski definition) is 9. The molecule has 0 saturated carbocycles. The molecule has 0 fully saturated rings. The molecule has 9 heteroatoms. The van der Waals surface area contributed by atoms with Crippen LogP contribution in [0.5, 0.6) is 0 Å². The van der Waals surface area contributed by atoms with E-state index in [9.17, 15) is 0 Å². The molecule has 5 N–H and O–H groups in total. The molecule has 0 aromatic carbocycles. The molecule has 1 heterocycles. The van der Waals surface area contributed by atoms with Gasteiger partial charge in [0.05, 0.1) is 0 Å². The second kappa shape index (κ2) is 9.25. The third kappa shape index (κ3) is 6.13. The molecule has 0 amide bonds. The number of nitrogens with zero attached hydrogens (tertiary/aromatic N) is 3. The maximum Gasteiger partial charge on any atom is 0.231 e. The van der Waals surface area contributed by atoms with Crippen LogP contribution in [0, 0.1) is 0 Å². The summed E-state index contributed by atoms with van der Waals surface area (Å²) >= 11 is 0. The minimum Gasteiger partial charge on any atom is -0.376 e. The summed E-state index contributed by atoms with van der Waals surface area (Å²) in [4.78, 5) is 12.0. The van der Waals surface area contributed by atoms with Crippen molar-refractivity contribution in [2.24, 2.45) is 0 Å². The first-order chi connectivity index (χ1) is 9.30. The maximum absolute atomic E-state index is 8.78. The van der Waals surface area contributed by atoms with Gasteiger partial charge in [-0.15, -0.1) is 0 Å². The molecule has 1 aromatic heterocycles. The van der Waals surface area contributed by atoms with Gasteiger partial charge in [-0.2, -0.15) is 15.0 Å². The van der Waals surface area contributed by atoms with Crippen LogP contribution in [-0.4, -0.2) is 52.0 Å². The summed E-state index contributed by atoms with van der Waals surface area (Å²) < 4.78 is 5.33. The van der Waals surface area contributed by atoms with E-state index in [4.69, 9.17) is 14.9 Å². The molecule has 108 valence electrons. The molecule has 0 atom stereocenters. The second-order valence-electron chi connectivity index (χ2n) is 3.56. The van der Waals surface area contributed by atoms with Crippen LogP contribution >= 0.6 is 0 Å². The summed E-state index contributed by atoms with van der Waals surface area (Å²) in [7, 11) is 0. The number of aromatic nitrogens is 3. The summed E-state index contributed by atoms with van der Waals surface area (Å²) in [6, 6.07) is 0. The van der Waals surface area contributed by atoms with Crippen molar-refractivity contribution in [3.63, 3.8) is 0 Å². The number of anilines is 3. The minimum atomic E-state index is -0.297. The third-order valence-electron chi connectivity index (χ3n) is 2.08. The summed E-state index contributed by atoms with van der Waals surface area (Å²) in [5.41, 5.74) is 0. The Morgan fingerprint density at radius 2 is 1.47 bits per heavy atom. The molecular formula is C10H20N6O3. The normalized spacial score (nSPS) is 10.3. The second-order valence-corrected chi connectivity index (χ2v) is 3.56. The Labute approximate surface area is 111 Å². The zero-order valence-corrected chi connectivity index (χ0v) is 10.9. The lowest BCUT2D eigenvalue weighted by Crippen LogP contribution is -2.15. The molecule has 19 heavy (non-hydrogen) atoms. The fourth-order valence-corrected chi connectivity index (χ4v) is 1.19. The zero-order chi connectivity index (χ0) is 13.9. The van der Waals surface area contributed by atoms with Crippen LogP contribution < -0.4 is 16.0 Å². The molecule has 0 unspecified atom stereocenters. The molecule has 1 aromatic rings. The monoisotopic (exact) mass is 272 g/mol. The van der Waals surface area contributed by atoms with Gasteiger partial charge in [-0.1, -0.05) is 13.3 Å². The molecule has 9 nitrogen and oxygen atoms in total. The van der Waals surface area contributed by atoms with Crippen LogP contribution in [0.2, 0.25) is 0 Å². The number of aliphatic hydroxyl groups excluding tert-OH is 2. The van der Waals surface area contributed by atoms with Crippen LogP contribution in [0.1, 0.15) is 19.8 Å². The highest BCUT2D eigenvalue weighted by Crippen LogP contribution is 2.08. The molecule has 1 rings (SSSR count). The van der Waals surface area contributed by atoms with Crippen molar-refractivity contribution in [3.8, 4) is 0 Å². The number of ether oxygens (including phenoxy) is 1. The summed E-state index contributed by atoms with van der Waals surface area (Å²) in [5.74, 6) is 0.687. The number of unbranched alkanes of at least 4 members (excludes halogenated alkanes) is 1. The number of aliphatic hydroxyl groups is 2. The Bertz CT molecular complexity index is 341. The van der Waals surface area contributed by atoms with Gasteiger partial charge in [-0.05, 0) is 6.42 Å². The summed E-state index contributed by atoms with van der Waals surface area (Å²) in [6.45, 7) is 2.44. The van der Waals surface area contributed by atoms with Gasteiger partial charge in [-0.25, -0.2) is 0 Å². The Balaban J connectivity index is 2.54. The Morgan fingerprint density at radius 1 is 0.947 bits per heavy atom. The Kier molecular flexibility index (Phi) is 7.47. The van der Waals surface area contributed by atoms with Crippen molar-refractivity contribution in [2.45, 2.75) is 19.8 Å². The highest BCUT2D eigenvalue weighted by molar-refractivity contribution is 5.41. The van der Waals surface area contributed by atoms with Crippen LogP contribution in [0.4, 0.5) is 17.8 Å². The van der Waals surface area contributed by atoms with Gasteiger partial charge in [-0.3, -0.25) is 0 Å². The van der Waals surface area contributed by atoms with E-state index in [1.165, 1.54) is 0 Å². The van der Waals surface area contributed by atoms with Gasteiger partial charge in [0.2, 0.25) is 17.8 Å². The zero-order valence-electron chi connectivity index (χ0n) is 10.9. The first-order valence-electron chi connectivity index (χ1n) is 6.07. The number of rotatable bonds is 10. The third-order valence-corrected chi connectivity index (χ3v) is 2.08. The van der Waals surface area contributed by atoms with E-state index >= 15 is 0 Å². The molecule has 0 spiro atoms. The van der Waals surface area contributed by atoms with Gasteiger partial charge >= 0.3 is 0 Å². The molecule has 0 aliphatic heterocycles. The summed E-state index contributed by atoms with van der Waals surface area (Å²) in [5, 5.41) is 25.5. The molecule has 0 aliphatic carbocycles. The van der Waals surface area contributed by atoms with Gasteiger partial charge in [0.1, 0.15) is 20.2 Å². The maximum atomic E-state index is 8.78. The smallest absolute Gasteiger partial charge is 0.231 e. The van der Waals surface area contributed by atoms with E-state index < -0.39 is 0 Å². The molecule has 0 bridgehead atoms. The predicted molar refractivity (Wildman–Crippen MR) is 70.6 cm³/mol. The lowest BCUT2D eigenvalue weighted by atomic mass is 10.4. The van der Waals surface area contributed by atoms with Crippen LogP contribution in [0.3, 0.4) is 0 Å². The lowest BCUT2D eigenvalue weighted by molar-refractivity contribution is 0.148. The largest absolute Gasteiger partial charge is 0.376 e. The average Bonchev–Trinajstić information content (AvgIpc) is 2.39. The van der Waals surface area contributed by atoms with Crippen molar-refractivity contribution in [1.82, 2.24) is 15.0 Å². The Morgan fingerprint density at radius 3 is 1.95 bits per heavy atom. The van der Waals surface area contributed by atoms with Crippen molar-refractivity contribution < 1.29 is 14.9 Å².